The quantitative estimate of drug-likeness (QED) is 0.0219. The van der Waals surface area contributed by atoms with Crippen LogP contribution in [0, 0.1) is 23.7 Å². The molecule has 3 aromatic carbocycles. The van der Waals surface area contributed by atoms with Gasteiger partial charge < -0.3 is 49.5 Å². The molecule has 8 atom stereocenters. The normalized spacial score (nSPS) is 22.1. The number of hydrogen-bond acceptors (Lipinski definition) is 20. The van der Waals surface area contributed by atoms with Gasteiger partial charge in [-0.15, -0.1) is 10.2 Å². The summed E-state index contributed by atoms with van der Waals surface area (Å²) in [4.78, 5) is 92.7. The van der Waals surface area contributed by atoms with Gasteiger partial charge in [0.2, 0.25) is 67.0 Å². The number of nitrogens with one attached hydrogen (secondary N) is 6. The zero-order valence-corrected chi connectivity index (χ0v) is 63.3. The van der Waals surface area contributed by atoms with Crippen LogP contribution in [0.1, 0.15) is 198 Å². The van der Waals surface area contributed by atoms with Crippen molar-refractivity contribution in [2.75, 3.05) is 51.8 Å². The first-order valence-electron chi connectivity index (χ1n) is 37.7. The van der Waals surface area contributed by atoms with Crippen LogP contribution in [0.4, 0.5) is 0 Å². The van der Waals surface area contributed by atoms with Crippen LogP contribution in [0.3, 0.4) is 0 Å². The molecule has 2 aromatic heterocycles. The number of halogens is 2. The summed E-state index contributed by atoms with van der Waals surface area (Å²) in [6.45, 7) is 4.16. The van der Waals surface area contributed by atoms with Crippen LogP contribution in [0.2, 0.25) is 10.0 Å². The largest absolute Gasteiger partial charge is 0.418 e. The van der Waals surface area contributed by atoms with Crippen molar-refractivity contribution in [3.8, 4) is 11.5 Å². The van der Waals surface area contributed by atoms with E-state index < -0.39 is 104 Å². The lowest BCUT2D eigenvalue weighted by Gasteiger charge is -2.31. The Balaban J connectivity index is 0.000000210. The first-order valence-corrected chi connectivity index (χ1v) is 42.2. The minimum absolute atomic E-state index is 0.0757. The first-order chi connectivity index (χ1) is 50.5. The van der Waals surface area contributed by atoms with E-state index in [0.29, 0.717) is 71.9 Å². The van der Waals surface area contributed by atoms with Crippen molar-refractivity contribution >= 4 is 78.4 Å². The summed E-state index contributed by atoms with van der Waals surface area (Å²) in [5, 5.41) is 26.0. The molecule has 3 aliphatic carbocycles. The van der Waals surface area contributed by atoms with Crippen molar-refractivity contribution in [3.05, 3.63) is 118 Å². The maximum Gasteiger partial charge on any atom is 0.286 e. The second-order valence-electron chi connectivity index (χ2n) is 29.9. The van der Waals surface area contributed by atoms with Gasteiger partial charge in [-0.2, -0.15) is 4.98 Å². The van der Waals surface area contributed by atoms with Gasteiger partial charge in [0.1, 0.15) is 24.2 Å². The molecule has 0 spiro atoms. The molecular weight excluding hydrogens is 1430 g/mol. The van der Waals surface area contributed by atoms with Crippen molar-refractivity contribution in [2.24, 2.45) is 23.7 Å². The molecule has 5 aromatic rings. The average Bonchev–Trinajstić information content (AvgIpc) is 1.69. The Morgan fingerprint density at radius 1 is 0.552 bits per heavy atom. The lowest BCUT2D eigenvalue weighted by molar-refractivity contribution is -0.140. The smallest absolute Gasteiger partial charge is 0.286 e. The van der Waals surface area contributed by atoms with Crippen LogP contribution >= 0.6 is 23.2 Å². The second kappa shape index (κ2) is 38.0. The standard InChI is InChI=1S/C39H51ClN6O7S.C36H51ClN6O7S/c1-54(50,51)45-32(17-14-26-18-20-41-21-19-26)39(49)46-24-31(52-25-28-12-15-30(40)16-13-28)23-34(46)37(48)42-33(22-27-8-4-2-5-9-27)35(47)36-43-38(53-44-36)29-10-6-3-7-11-29;1-51(47,48)42-29(14-9-23-15-17-38-18-16-23)36(46)43-21-28(49-22-25-7-12-27(37)13-8-25)20-31(43)33(45)39-30(19-24-5-3-2-4-6-24)32(44)35-41-40-34(50-35)26-10-11-26/h3,6-7,10-13,15-16,26-27,31-34,41,45H,2,4-5,8-9,14,17-25H2,1H3,(H,42,48);7-8,12-13,23-24,26,28-31,38,42H,2-6,9-11,14-22H2,1H3,(H,39,45)/t31-,32-,33+,34+;28-,29-,30+,31+/m11/s1. The minimum Gasteiger partial charge on any atom is -0.418 e. The third-order valence-corrected chi connectivity index (χ3v) is 23.5. The molecule has 6 heterocycles. The number of carbonyl (C=O) groups excluding carboxylic acids is 6. The third-order valence-electron chi connectivity index (χ3n) is 21.5. The highest BCUT2D eigenvalue weighted by molar-refractivity contribution is 7.89. The highest BCUT2D eigenvalue weighted by Gasteiger charge is 2.47. The van der Waals surface area contributed by atoms with Crippen molar-refractivity contribution in [1.29, 1.82) is 0 Å². The van der Waals surface area contributed by atoms with Crippen LogP contribution in [0.25, 0.3) is 11.5 Å². The van der Waals surface area contributed by atoms with Gasteiger partial charge in [0.15, 0.2) is 0 Å². The monoisotopic (exact) mass is 1530 g/mol. The minimum atomic E-state index is -3.77. The van der Waals surface area contributed by atoms with E-state index in [-0.39, 0.29) is 74.5 Å². The number of amides is 4. The third kappa shape index (κ3) is 23.9. The SMILES string of the molecule is CS(=O)(=O)N[C@H](CCC1CCNCC1)C(=O)N1C[C@H](OCc2ccc(Cl)cc2)C[C@H]1C(=O)N[C@@H](CC1CCCCC1)C(=O)c1nnc(C2CC2)o1.CS(=O)(=O)N[C@H](CCC1CCNCC1)C(=O)N1C[C@H](OCc2ccc(Cl)cc2)C[C@H]1C(=O)N[C@@H](CC1CCCCC1)C(=O)c1noc(-c2ccccc2)n1. The van der Waals surface area contributed by atoms with Crippen LogP contribution in [-0.2, 0) is 61.9 Å². The van der Waals surface area contributed by atoms with Crippen molar-refractivity contribution < 1.29 is 64.0 Å². The fourth-order valence-corrected chi connectivity index (χ4v) is 17.3. The van der Waals surface area contributed by atoms with Gasteiger partial charge in [-0.3, -0.25) is 28.8 Å². The van der Waals surface area contributed by atoms with E-state index in [4.69, 9.17) is 41.6 Å². The van der Waals surface area contributed by atoms with Gasteiger partial charge in [0.05, 0.1) is 50.0 Å². The molecule has 26 nitrogen and oxygen atoms in total. The van der Waals surface area contributed by atoms with Gasteiger partial charge >= 0.3 is 0 Å². The Morgan fingerprint density at radius 3 is 1.44 bits per heavy atom. The molecule has 7 fully saturated rings. The number of benzene rings is 3. The van der Waals surface area contributed by atoms with Gasteiger partial charge in [-0.25, -0.2) is 26.3 Å². The Labute approximate surface area is 625 Å². The zero-order chi connectivity index (χ0) is 74.0. The van der Waals surface area contributed by atoms with Gasteiger partial charge in [0, 0.05) is 47.5 Å². The molecular formula is C75H102Cl2N12O14S2. The van der Waals surface area contributed by atoms with Gasteiger partial charge in [0.25, 0.3) is 11.8 Å². The van der Waals surface area contributed by atoms with Crippen molar-refractivity contribution in [3.63, 3.8) is 0 Å². The number of hydrogen-bond donors (Lipinski definition) is 6. The molecule has 4 amide bonds. The van der Waals surface area contributed by atoms with Crippen LogP contribution in [0.5, 0.6) is 0 Å². The highest BCUT2D eigenvalue weighted by Crippen LogP contribution is 2.40. The lowest BCUT2D eigenvalue weighted by atomic mass is 9.84. The fourth-order valence-electron chi connectivity index (χ4n) is 15.6. The van der Waals surface area contributed by atoms with Gasteiger partial charge in [-0.05, 0) is 174 Å². The number of sulfonamides is 2. The Bertz CT molecular complexity index is 3920. The molecule has 6 N–H and O–H groups in total. The summed E-state index contributed by atoms with van der Waals surface area (Å²) in [5.41, 5.74) is 2.42. The van der Waals surface area contributed by atoms with E-state index >= 15 is 0 Å². The number of piperidine rings is 2. The number of ketones is 2. The van der Waals surface area contributed by atoms with Crippen LogP contribution in [-0.4, -0.2) is 182 Å². The maximum atomic E-state index is 14.4. The first kappa shape index (κ1) is 79.4. The highest BCUT2D eigenvalue weighted by atomic mass is 35.5. The number of rotatable bonds is 32. The number of ether oxygens (including phenoxy) is 2. The number of likely N-dealkylation sites (tertiary alicyclic amines) is 2. The molecule has 572 valence electrons. The molecule has 4 saturated heterocycles. The molecule has 7 aliphatic rings. The number of carbonyl (C=O) groups is 6. The molecule has 30 heteroatoms. The molecule has 4 aliphatic heterocycles. The summed E-state index contributed by atoms with van der Waals surface area (Å²) >= 11 is 12.1. The summed E-state index contributed by atoms with van der Waals surface area (Å²) in [6, 6.07) is 17.6. The summed E-state index contributed by atoms with van der Waals surface area (Å²) in [6.07, 6.45) is 20.1. The molecule has 0 bridgehead atoms. The Hall–Kier alpha value is -6.60. The van der Waals surface area contributed by atoms with E-state index in [9.17, 15) is 45.6 Å². The summed E-state index contributed by atoms with van der Waals surface area (Å²) in [7, 11) is -7.52. The van der Waals surface area contributed by atoms with E-state index in [1.165, 1.54) is 9.80 Å². The topological polar surface area (TPSA) is 346 Å². The second-order valence-corrected chi connectivity index (χ2v) is 34.3. The summed E-state index contributed by atoms with van der Waals surface area (Å²) < 4.78 is 78.9. The Morgan fingerprint density at radius 2 is 1.00 bits per heavy atom. The Kier molecular flexibility index (Phi) is 28.7. The fraction of sp³-hybridized carbons (Fsp3) is 0.627. The summed E-state index contributed by atoms with van der Waals surface area (Å²) in [5.74, 6) is -1.12. The predicted molar refractivity (Wildman–Crippen MR) is 394 cm³/mol. The predicted octanol–water partition coefficient (Wildman–Crippen LogP) is 9.03. The molecule has 0 radical (unpaired) electrons. The maximum absolute atomic E-state index is 14.4. The van der Waals surface area contributed by atoms with Crippen LogP contribution in [0.15, 0.2) is 87.8 Å². The molecule has 12 rings (SSSR count). The zero-order valence-electron chi connectivity index (χ0n) is 60.1. The van der Waals surface area contributed by atoms with Crippen LogP contribution < -0.4 is 30.7 Å². The average molecular weight is 1530 g/mol. The molecule has 105 heavy (non-hydrogen) atoms. The van der Waals surface area contributed by atoms with Gasteiger partial charge in [-0.1, -0.05) is 135 Å². The number of Topliss-reactive ketones (excluding diaryl/α,β-unsaturated/α-hetero) is 2. The number of aromatic nitrogens is 4. The van der Waals surface area contributed by atoms with E-state index in [1.54, 1.807) is 36.4 Å². The molecule has 3 saturated carbocycles. The van der Waals surface area contributed by atoms with E-state index in [2.05, 4.69) is 51.0 Å². The molecule has 0 unspecified atom stereocenters. The number of nitrogens with zero attached hydrogens (tertiary/aromatic N) is 6. The van der Waals surface area contributed by atoms with Crippen molar-refractivity contribution in [2.45, 2.75) is 222 Å². The van der Waals surface area contributed by atoms with E-state index in [1.807, 2.05) is 42.5 Å². The van der Waals surface area contributed by atoms with E-state index in [0.717, 1.165) is 153 Å². The lowest BCUT2D eigenvalue weighted by Crippen LogP contribution is -2.55. The van der Waals surface area contributed by atoms with Crippen molar-refractivity contribution in [1.82, 2.24) is 60.8 Å².